The Kier molecular flexibility index (Phi) is 23.0. The van der Waals surface area contributed by atoms with Crippen molar-refractivity contribution in [3.05, 3.63) is 0 Å². The van der Waals surface area contributed by atoms with Gasteiger partial charge in [0.1, 0.15) is 0 Å². The molecule has 0 unspecified atom stereocenters. The number of aliphatic hydroxyl groups is 2. The summed E-state index contributed by atoms with van der Waals surface area (Å²) >= 11 is 0. The molecule has 0 fully saturated rings. The lowest BCUT2D eigenvalue weighted by Gasteiger charge is -2.01. The second kappa shape index (κ2) is 20.2. The first-order valence-corrected chi connectivity index (χ1v) is 5.69. The summed E-state index contributed by atoms with van der Waals surface area (Å²) in [6.07, 6.45) is 2.42. The van der Waals surface area contributed by atoms with E-state index in [1.54, 1.807) is 7.11 Å². The Labute approximate surface area is 98.3 Å². The van der Waals surface area contributed by atoms with Crippen LogP contribution in [0, 0.1) is 0 Å². The second-order valence-electron chi connectivity index (χ2n) is 3.02. The van der Waals surface area contributed by atoms with Crippen LogP contribution in [0.15, 0.2) is 0 Å². The number of hydrogen-bond acceptors (Lipinski definition) is 5. The molecule has 0 heterocycles. The molecule has 100 valence electrons. The molecule has 0 aliphatic carbocycles. The first-order valence-electron chi connectivity index (χ1n) is 5.69. The third-order valence-electron chi connectivity index (χ3n) is 1.55. The van der Waals surface area contributed by atoms with Crippen molar-refractivity contribution in [3.8, 4) is 0 Å². The number of unbranched alkanes of at least 4 members (excludes halogenated alkanes) is 1. The van der Waals surface area contributed by atoms with Crippen LogP contribution in [0.3, 0.4) is 0 Å². The van der Waals surface area contributed by atoms with E-state index < -0.39 is 0 Å². The highest BCUT2D eigenvalue weighted by atomic mass is 16.5. The molecule has 0 saturated carbocycles. The van der Waals surface area contributed by atoms with Crippen LogP contribution in [-0.2, 0) is 14.2 Å². The molecular weight excluding hydrogens is 212 g/mol. The summed E-state index contributed by atoms with van der Waals surface area (Å²) in [6, 6.07) is 0. The molecular formula is C11H26O5. The molecule has 5 heteroatoms. The first-order chi connectivity index (χ1) is 7.83. The molecule has 0 aliphatic heterocycles. The van der Waals surface area contributed by atoms with Gasteiger partial charge in [0.05, 0.1) is 39.6 Å². The van der Waals surface area contributed by atoms with Gasteiger partial charge in [-0.3, -0.25) is 0 Å². The molecule has 16 heavy (non-hydrogen) atoms. The van der Waals surface area contributed by atoms with Crippen LogP contribution in [0.5, 0.6) is 0 Å². The summed E-state index contributed by atoms with van der Waals surface area (Å²) in [5.41, 5.74) is 0. The summed E-state index contributed by atoms with van der Waals surface area (Å²) in [5, 5.41) is 16.5. The van der Waals surface area contributed by atoms with Gasteiger partial charge in [-0.15, -0.1) is 0 Å². The first kappa shape index (κ1) is 18.2. The number of hydrogen-bond donors (Lipinski definition) is 2. The Morgan fingerprint density at radius 2 is 1.31 bits per heavy atom. The van der Waals surface area contributed by atoms with Crippen LogP contribution in [0.1, 0.15) is 19.8 Å². The number of rotatable bonds is 10. The largest absolute Gasteiger partial charge is 0.394 e. The number of methoxy groups -OCH3 is 1. The Morgan fingerprint density at radius 3 is 1.56 bits per heavy atom. The van der Waals surface area contributed by atoms with E-state index in [-0.39, 0.29) is 13.2 Å². The average molecular weight is 238 g/mol. The summed E-state index contributed by atoms with van der Waals surface area (Å²) in [5.74, 6) is 0. The van der Waals surface area contributed by atoms with E-state index in [0.717, 1.165) is 6.61 Å². The minimum Gasteiger partial charge on any atom is -0.394 e. The van der Waals surface area contributed by atoms with E-state index in [1.165, 1.54) is 12.8 Å². The van der Waals surface area contributed by atoms with E-state index in [4.69, 9.17) is 24.4 Å². The monoisotopic (exact) mass is 238 g/mol. The molecule has 0 spiro atoms. The summed E-state index contributed by atoms with van der Waals surface area (Å²) in [7, 11) is 1.73. The van der Waals surface area contributed by atoms with Crippen LogP contribution in [0.25, 0.3) is 0 Å². The van der Waals surface area contributed by atoms with E-state index >= 15 is 0 Å². The molecule has 0 aromatic heterocycles. The van der Waals surface area contributed by atoms with Crippen LogP contribution in [0.2, 0.25) is 0 Å². The lowest BCUT2D eigenvalue weighted by molar-refractivity contribution is 0.0222. The highest BCUT2D eigenvalue weighted by molar-refractivity contribution is 4.30. The Bertz CT molecular complexity index is 88.4. The van der Waals surface area contributed by atoms with Crippen LogP contribution in [0.4, 0.5) is 0 Å². The van der Waals surface area contributed by atoms with Crippen molar-refractivity contribution in [2.45, 2.75) is 19.8 Å². The van der Waals surface area contributed by atoms with Crippen LogP contribution in [-0.4, -0.2) is 63.6 Å². The summed E-state index contributed by atoms with van der Waals surface area (Å²) in [6.45, 7) is 4.79. The molecule has 0 rings (SSSR count). The van der Waals surface area contributed by atoms with Crippen molar-refractivity contribution in [1.29, 1.82) is 0 Å². The third kappa shape index (κ3) is 23.5. The molecule has 2 N–H and O–H groups in total. The van der Waals surface area contributed by atoms with Crippen molar-refractivity contribution in [2.75, 3.05) is 53.4 Å². The Balaban J connectivity index is 0. The topological polar surface area (TPSA) is 68.2 Å². The lowest BCUT2D eigenvalue weighted by atomic mass is 10.4. The van der Waals surface area contributed by atoms with Gasteiger partial charge in [-0.2, -0.15) is 0 Å². The smallest absolute Gasteiger partial charge is 0.0701 e. The molecule has 0 bridgehead atoms. The van der Waals surface area contributed by atoms with Gasteiger partial charge in [0.25, 0.3) is 0 Å². The zero-order chi connectivity index (χ0) is 12.5. The fraction of sp³-hybridized carbons (Fsp3) is 1.00. The molecule has 0 amide bonds. The minimum atomic E-state index is 0.0417. The molecule has 0 aromatic carbocycles. The van der Waals surface area contributed by atoms with Gasteiger partial charge in [0.2, 0.25) is 0 Å². The van der Waals surface area contributed by atoms with Crippen molar-refractivity contribution >= 4 is 0 Å². The molecule has 0 aliphatic rings. The molecule has 0 radical (unpaired) electrons. The lowest BCUT2D eigenvalue weighted by Crippen LogP contribution is -2.09. The number of ether oxygens (including phenoxy) is 3. The van der Waals surface area contributed by atoms with Crippen molar-refractivity contribution in [2.24, 2.45) is 0 Å². The maximum Gasteiger partial charge on any atom is 0.0701 e. The van der Waals surface area contributed by atoms with E-state index in [1.807, 2.05) is 0 Å². The van der Waals surface area contributed by atoms with Gasteiger partial charge in [0, 0.05) is 13.7 Å². The van der Waals surface area contributed by atoms with Gasteiger partial charge in [-0.05, 0) is 6.42 Å². The van der Waals surface area contributed by atoms with Gasteiger partial charge in [-0.25, -0.2) is 0 Å². The van der Waals surface area contributed by atoms with E-state index in [2.05, 4.69) is 6.92 Å². The van der Waals surface area contributed by atoms with Crippen molar-refractivity contribution in [1.82, 2.24) is 0 Å². The van der Waals surface area contributed by atoms with Crippen LogP contribution < -0.4 is 0 Å². The molecule has 0 saturated heterocycles. The maximum atomic E-state index is 8.26. The maximum absolute atomic E-state index is 8.26. The molecule has 0 aromatic rings. The molecule has 0 atom stereocenters. The predicted octanol–water partition coefficient (Wildman–Crippen LogP) is 0.437. The Morgan fingerprint density at radius 1 is 0.812 bits per heavy atom. The van der Waals surface area contributed by atoms with Gasteiger partial charge in [-0.1, -0.05) is 13.3 Å². The molecule has 5 nitrogen and oxygen atoms in total. The fourth-order valence-corrected chi connectivity index (χ4v) is 0.740. The zero-order valence-corrected chi connectivity index (χ0v) is 10.5. The third-order valence-corrected chi connectivity index (χ3v) is 1.55. The van der Waals surface area contributed by atoms with E-state index in [9.17, 15) is 0 Å². The summed E-state index contributed by atoms with van der Waals surface area (Å²) in [4.78, 5) is 0. The minimum absolute atomic E-state index is 0.0417. The Hall–Kier alpha value is -0.200. The quantitative estimate of drug-likeness (QED) is 0.540. The van der Waals surface area contributed by atoms with Gasteiger partial charge >= 0.3 is 0 Å². The zero-order valence-electron chi connectivity index (χ0n) is 10.5. The summed E-state index contributed by atoms with van der Waals surface area (Å²) < 4.78 is 14.5. The highest BCUT2D eigenvalue weighted by Crippen LogP contribution is 1.83. The van der Waals surface area contributed by atoms with Gasteiger partial charge < -0.3 is 24.4 Å². The SMILES string of the molecule is CCCCOC.OCCOCCOCCO. The predicted molar refractivity (Wildman–Crippen MR) is 62.6 cm³/mol. The fourth-order valence-electron chi connectivity index (χ4n) is 0.740. The van der Waals surface area contributed by atoms with E-state index in [0.29, 0.717) is 26.4 Å². The second-order valence-corrected chi connectivity index (χ2v) is 3.02. The number of aliphatic hydroxyl groups excluding tert-OH is 2. The van der Waals surface area contributed by atoms with Crippen molar-refractivity contribution < 1.29 is 24.4 Å². The normalized spacial score (nSPS) is 9.75. The highest BCUT2D eigenvalue weighted by Gasteiger charge is 1.86. The average Bonchev–Trinajstić information content (AvgIpc) is 2.32. The van der Waals surface area contributed by atoms with Crippen molar-refractivity contribution in [3.63, 3.8) is 0 Å². The van der Waals surface area contributed by atoms with Gasteiger partial charge in [0.15, 0.2) is 0 Å². The standard InChI is InChI=1S/C6H14O4.C5H12O/c7-1-3-9-5-6-10-4-2-8;1-3-4-5-6-2/h7-8H,1-6H2;3-5H2,1-2H3. The van der Waals surface area contributed by atoms with Crippen LogP contribution >= 0.6 is 0 Å².